The molecule has 1 amide bonds. The van der Waals surface area contributed by atoms with E-state index in [1.807, 2.05) is 6.07 Å². The van der Waals surface area contributed by atoms with Gasteiger partial charge in [-0.2, -0.15) is 0 Å². The van der Waals surface area contributed by atoms with Gasteiger partial charge in [-0.25, -0.2) is 8.78 Å². The van der Waals surface area contributed by atoms with Crippen LogP contribution < -0.4 is 5.32 Å². The monoisotopic (exact) mass is 244 g/mol. The molecule has 0 saturated heterocycles. The van der Waals surface area contributed by atoms with E-state index < -0.39 is 19.1 Å². The molecule has 17 heavy (non-hydrogen) atoms. The van der Waals surface area contributed by atoms with Gasteiger partial charge in [-0.1, -0.05) is 6.07 Å². The predicted octanol–water partition coefficient (Wildman–Crippen LogP) is 0.756. The van der Waals surface area contributed by atoms with E-state index in [0.29, 0.717) is 6.42 Å². The highest BCUT2D eigenvalue weighted by Gasteiger charge is 2.17. The predicted molar refractivity (Wildman–Crippen MR) is 57.6 cm³/mol. The number of aliphatic hydroxyl groups is 1. The van der Waals surface area contributed by atoms with Crippen LogP contribution in [0.2, 0.25) is 0 Å². The maximum absolute atomic E-state index is 11.9. The first-order chi connectivity index (χ1) is 8.09. The molecule has 1 atom stereocenters. The summed E-state index contributed by atoms with van der Waals surface area (Å²) in [6, 6.07) is 3.59. The second kappa shape index (κ2) is 6.90. The van der Waals surface area contributed by atoms with E-state index in [1.54, 1.807) is 18.5 Å². The largest absolute Gasteiger partial charge is 0.385 e. The molecule has 0 bridgehead atoms. The Morgan fingerprint density at radius 3 is 2.88 bits per heavy atom. The SMILES string of the molecule is O=C(CCc1cccnc1)NCC(O)C(F)F. The molecule has 0 saturated carbocycles. The first-order valence-corrected chi connectivity index (χ1v) is 5.21. The van der Waals surface area contributed by atoms with E-state index in [-0.39, 0.29) is 12.3 Å². The number of carbonyl (C=O) groups is 1. The fraction of sp³-hybridized carbons (Fsp3) is 0.455. The number of nitrogens with zero attached hydrogens (tertiary/aromatic N) is 1. The average Bonchev–Trinajstić information content (AvgIpc) is 2.34. The summed E-state index contributed by atoms with van der Waals surface area (Å²) in [5.74, 6) is -0.367. The Bertz CT molecular complexity index is 347. The second-order valence-electron chi connectivity index (χ2n) is 3.57. The number of alkyl halides is 2. The van der Waals surface area contributed by atoms with Crippen LogP contribution in [0.4, 0.5) is 8.78 Å². The van der Waals surface area contributed by atoms with Crippen LogP contribution in [0.3, 0.4) is 0 Å². The summed E-state index contributed by atoms with van der Waals surface area (Å²) >= 11 is 0. The summed E-state index contributed by atoms with van der Waals surface area (Å²) in [7, 11) is 0. The molecule has 0 fully saturated rings. The first-order valence-electron chi connectivity index (χ1n) is 5.21. The highest BCUT2D eigenvalue weighted by molar-refractivity contribution is 5.76. The van der Waals surface area contributed by atoms with Gasteiger partial charge in [-0.3, -0.25) is 9.78 Å². The minimum atomic E-state index is -2.84. The quantitative estimate of drug-likeness (QED) is 0.776. The van der Waals surface area contributed by atoms with Crippen LogP contribution in [0.1, 0.15) is 12.0 Å². The lowest BCUT2D eigenvalue weighted by Crippen LogP contribution is -2.35. The van der Waals surface area contributed by atoms with Gasteiger partial charge in [-0.05, 0) is 18.1 Å². The van der Waals surface area contributed by atoms with E-state index in [2.05, 4.69) is 10.3 Å². The Labute approximate surface area is 97.7 Å². The third-order valence-corrected chi connectivity index (χ3v) is 2.16. The molecule has 0 spiro atoms. The number of halogens is 2. The van der Waals surface area contributed by atoms with Gasteiger partial charge in [0.15, 0.2) is 0 Å². The summed E-state index contributed by atoms with van der Waals surface area (Å²) in [6.07, 6.45) is -0.707. The second-order valence-corrected chi connectivity index (χ2v) is 3.57. The molecule has 1 rings (SSSR count). The molecule has 4 nitrogen and oxygen atoms in total. The maximum Gasteiger partial charge on any atom is 0.265 e. The van der Waals surface area contributed by atoms with Gasteiger partial charge in [0.2, 0.25) is 5.91 Å². The third kappa shape index (κ3) is 5.35. The van der Waals surface area contributed by atoms with Crippen LogP contribution in [-0.4, -0.2) is 35.1 Å². The Hall–Kier alpha value is -1.56. The standard InChI is InChI=1S/C11H14F2N2O2/c12-11(13)9(16)7-15-10(17)4-3-8-2-1-5-14-6-8/h1-2,5-6,9,11,16H,3-4,7H2,(H,15,17). The van der Waals surface area contributed by atoms with Crippen molar-refractivity contribution in [1.82, 2.24) is 10.3 Å². The summed E-state index contributed by atoms with van der Waals surface area (Å²) in [6.45, 7) is -0.427. The number of hydrogen-bond donors (Lipinski definition) is 2. The fourth-order valence-corrected chi connectivity index (χ4v) is 1.20. The van der Waals surface area contributed by atoms with Crippen molar-refractivity contribution in [3.8, 4) is 0 Å². The fourth-order valence-electron chi connectivity index (χ4n) is 1.20. The van der Waals surface area contributed by atoms with Crippen LogP contribution >= 0.6 is 0 Å². The summed E-state index contributed by atoms with van der Waals surface area (Å²) < 4.78 is 23.8. The van der Waals surface area contributed by atoms with Crippen molar-refractivity contribution in [3.63, 3.8) is 0 Å². The van der Waals surface area contributed by atoms with Gasteiger partial charge in [0.05, 0.1) is 0 Å². The van der Waals surface area contributed by atoms with Crippen LogP contribution in [0.25, 0.3) is 0 Å². The van der Waals surface area contributed by atoms with Gasteiger partial charge < -0.3 is 10.4 Å². The summed E-state index contributed by atoms with van der Waals surface area (Å²) in [4.78, 5) is 15.1. The molecule has 0 aliphatic carbocycles. The van der Waals surface area contributed by atoms with Gasteiger partial charge in [0, 0.05) is 25.4 Å². The normalized spacial score (nSPS) is 12.5. The molecule has 0 aliphatic rings. The van der Waals surface area contributed by atoms with Gasteiger partial charge >= 0.3 is 0 Å². The minimum Gasteiger partial charge on any atom is -0.385 e. The molecule has 0 radical (unpaired) electrons. The molecule has 94 valence electrons. The van der Waals surface area contributed by atoms with Crippen molar-refractivity contribution >= 4 is 5.91 Å². The molecule has 2 N–H and O–H groups in total. The number of nitrogens with one attached hydrogen (secondary N) is 1. The van der Waals surface area contributed by atoms with E-state index in [9.17, 15) is 13.6 Å². The van der Waals surface area contributed by atoms with Crippen molar-refractivity contribution in [1.29, 1.82) is 0 Å². The smallest absolute Gasteiger partial charge is 0.265 e. The lowest BCUT2D eigenvalue weighted by atomic mass is 10.1. The number of amides is 1. The number of aryl methyl sites for hydroxylation is 1. The molecule has 6 heteroatoms. The molecule has 0 aromatic carbocycles. The van der Waals surface area contributed by atoms with Crippen molar-refractivity contribution in [2.24, 2.45) is 0 Å². The van der Waals surface area contributed by atoms with Gasteiger partial charge in [0.25, 0.3) is 6.43 Å². The Balaban J connectivity index is 2.22. The number of carbonyl (C=O) groups excluding carboxylic acids is 1. The van der Waals surface area contributed by atoms with Crippen LogP contribution in [0.5, 0.6) is 0 Å². The highest BCUT2D eigenvalue weighted by Crippen LogP contribution is 2.01. The van der Waals surface area contributed by atoms with E-state index >= 15 is 0 Å². The lowest BCUT2D eigenvalue weighted by molar-refractivity contribution is -0.122. The van der Waals surface area contributed by atoms with E-state index in [0.717, 1.165) is 5.56 Å². The topological polar surface area (TPSA) is 62.2 Å². The third-order valence-electron chi connectivity index (χ3n) is 2.16. The Morgan fingerprint density at radius 2 is 2.29 bits per heavy atom. The number of aliphatic hydroxyl groups excluding tert-OH is 1. The molecule has 0 aliphatic heterocycles. The van der Waals surface area contributed by atoms with Crippen molar-refractivity contribution in [2.45, 2.75) is 25.4 Å². The van der Waals surface area contributed by atoms with Crippen LogP contribution in [-0.2, 0) is 11.2 Å². The average molecular weight is 244 g/mol. The molecule has 1 unspecified atom stereocenters. The van der Waals surface area contributed by atoms with Gasteiger partial charge in [0.1, 0.15) is 6.10 Å². The summed E-state index contributed by atoms with van der Waals surface area (Å²) in [5, 5.41) is 11.0. The van der Waals surface area contributed by atoms with Crippen molar-refractivity contribution in [2.75, 3.05) is 6.54 Å². The molecular weight excluding hydrogens is 230 g/mol. The minimum absolute atomic E-state index is 0.182. The lowest BCUT2D eigenvalue weighted by Gasteiger charge is -2.10. The number of rotatable bonds is 6. The highest BCUT2D eigenvalue weighted by atomic mass is 19.3. The molecule has 1 heterocycles. The van der Waals surface area contributed by atoms with E-state index in [1.165, 1.54) is 0 Å². The number of aromatic nitrogens is 1. The zero-order chi connectivity index (χ0) is 12.7. The van der Waals surface area contributed by atoms with E-state index in [4.69, 9.17) is 5.11 Å². The van der Waals surface area contributed by atoms with Crippen LogP contribution in [0, 0.1) is 0 Å². The summed E-state index contributed by atoms with van der Waals surface area (Å²) in [5.41, 5.74) is 0.900. The maximum atomic E-state index is 11.9. The zero-order valence-corrected chi connectivity index (χ0v) is 9.14. The number of pyridine rings is 1. The van der Waals surface area contributed by atoms with Crippen molar-refractivity contribution < 1.29 is 18.7 Å². The van der Waals surface area contributed by atoms with Crippen LogP contribution in [0.15, 0.2) is 24.5 Å². The van der Waals surface area contributed by atoms with Gasteiger partial charge in [-0.15, -0.1) is 0 Å². The molecular formula is C11H14F2N2O2. The zero-order valence-electron chi connectivity index (χ0n) is 9.14. The first kappa shape index (κ1) is 13.5. The Kier molecular flexibility index (Phi) is 5.48. The van der Waals surface area contributed by atoms with Crippen molar-refractivity contribution in [3.05, 3.63) is 30.1 Å². The Morgan fingerprint density at radius 1 is 1.53 bits per heavy atom. The number of hydrogen-bond acceptors (Lipinski definition) is 3. The molecule has 1 aromatic rings. The molecule has 1 aromatic heterocycles.